The Morgan fingerprint density at radius 2 is 1.25 bits per heavy atom. The maximum Gasteiger partial charge on any atom is 0.0998 e. The Morgan fingerprint density at radius 3 is 1.70 bits per heavy atom. The standard InChI is InChI=1S/C19H19N/c1-13-5-14(2)8-17(7-13)11-19(12-20)18-9-15(3)6-16(4)10-18/h5-11H,1-4H3/b19-11-. The summed E-state index contributed by atoms with van der Waals surface area (Å²) in [5, 5.41) is 9.44. The first-order valence-corrected chi connectivity index (χ1v) is 6.77. The van der Waals surface area contributed by atoms with Crippen LogP contribution in [0.25, 0.3) is 11.6 Å². The van der Waals surface area contributed by atoms with Crippen molar-refractivity contribution >= 4 is 11.6 Å². The van der Waals surface area contributed by atoms with Crippen LogP contribution in [0.5, 0.6) is 0 Å². The molecule has 0 aromatic heterocycles. The fraction of sp³-hybridized carbons (Fsp3) is 0.211. The van der Waals surface area contributed by atoms with Crippen LogP contribution in [0, 0.1) is 39.0 Å². The van der Waals surface area contributed by atoms with Gasteiger partial charge in [0.05, 0.1) is 11.6 Å². The lowest BCUT2D eigenvalue weighted by Crippen LogP contribution is -1.87. The predicted octanol–water partition coefficient (Wildman–Crippen LogP) is 4.98. The van der Waals surface area contributed by atoms with Gasteiger partial charge in [-0.05, 0) is 44.9 Å². The lowest BCUT2D eigenvalue weighted by molar-refractivity contribution is 1.36. The van der Waals surface area contributed by atoms with E-state index in [4.69, 9.17) is 0 Å². The first-order chi connectivity index (χ1) is 9.47. The van der Waals surface area contributed by atoms with Crippen LogP contribution in [0.2, 0.25) is 0 Å². The van der Waals surface area contributed by atoms with Gasteiger partial charge in [0.2, 0.25) is 0 Å². The molecule has 0 saturated carbocycles. The number of hydrogen-bond acceptors (Lipinski definition) is 1. The first kappa shape index (κ1) is 14.1. The van der Waals surface area contributed by atoms with Crippen molar-refractivity contribution in [3.8, 4) is 6.07 Å². The van der Waals surface area contributed by atoms with Crippen LogP contribution in [0.15, 0.2) is 36.4 Å². The summed E-state index contributed by atoms with van der Waals surface area (Å²) in [5.74, 6) is 0. The molecule has 2 aromatic carbocycles. The Bertz CT molecular complexity index is 675. The number of nitriles is 1. The van der Waals surface area contributed by atoms with Gasteiger partial charge in [-0.2, -0.15) is 5.26 Å². The van der Waals surface area contributed by atoms with E-state index in [2.05, 4.69) is 70.2 Å². The molecule has 0 aliphatic carbocycles. The largest absolute Gasteiger partial charge is 0.192 e. The van der Waals surface area contributed by atoms with Crippen molar-refractivity contribution in [1.82, 2.24) is 0 Å². The molecule has 2 aromatic rings. The minimum atomic E-state index is 0.710. The Balaban J connectivity index is 2.51. The van der Waals surface area contributed by atoms with Crippen LogP contribution >= 0.6 is 0 Å². The van der Waals surface area contributed by atoms with E-state index in [-0.39, 0.29) is 0 Å². The molecule has 0 unspecified atom stereocenters. The zero-order valence-electron chi connectivity index (χ0n) is 12.5. The minimum Gasteiger partial charge on any atom is -0.192 e. The van der Waals surface area contributed by atoms with Gasteiger partial charge in [-0.1, -0.05) is 58.7 Å². The van der Waals surface area contributed by atoms with Gasteiger partial charge in [0.25, 0.3) is 0 Å². The second-order valence-electron chi connectivity index (χ2n) is 5.47. The van der Waals surface area contributed by atoms with E-state index < -0.39 is 0 Å². The number of rotatable bonds is 2. The number of aryl methyl sites for hydroxylation is 4. The summed E-state index contributed by atoms with van der Waals surface area (Å²) in [6, 6.07) is 14.9. The van der Waals surface area contributed by atoms with Gasteiger partial charge in [0.1, 0.15) is 0 Å². The van der Waals surface area contributed by atoms with Crippen LogP contribution in [0.1, 0.15) is 33.4 Å². The molecule has 0 aliphatic heterocycles. The molecule has 0 saturated heterocycles. The summed E-state index contributed by atoms with van der Waals surface area (Å²) in [6.07, 6.45) is 1.97. The number of benzene rings is 2. The molecule has 0 amide bonds. The smallest absolute Gasteiger partial charge is 0.0998 e. The van der Waals surface area contributed by atoms with Crippen LogP contribution in [-0.2, 0) is 0 Å². The minimum absolute atomic E-state index is 0.710. The molecule has 0 heterocycles. The second kappa shape index (κ2) is 5.75. The molecule has 100 valence electrons. The van der Waals surface area contributed by atoms with Gasteiger partial charge in [-0.15, -0.1) is 0 Å². The summed E-state index contributed by atoms with van der Waals surface area (Å²) in [4.78, 5) is 0. The fourth-order valence-corrected chi connectivity index (χ4v) is 2.57. The van der Waals surface area contributed by atoms with E-state index in [1.54, 1.807) is 0 Å². The van der Waals surface area contributed by atoms with Gasteiger partial charge in [0.15, 0.2) is 0 Å². The maximum absolute atomic E-state index is 9.44. The summed E-state index contributed by atoms with van der Waals surface area (Å²) >= 11 is 0. The summed E-state index contributed by atoms with van der Waals surface area (Å²) < 4.78 is 0. The number of allylic oxidation sites excluding steroid dienone is 1. The number of nitrogens with zero attached hydrogens (tertiary/aromatic N) is 1. The summed E-state index contributed by atoms with van der Waals surface area (Å²) in [7, 11) is 0. The van der Waals surface area contributed by atoms with E-state index >= 15 is 0 Å². The Labute approximate surface area is 121 Å². The zero-order valence-corrected chi connectivity index (χ0v) is 12.5. The average Bonchev–Trinajstić information content (AvgIpc) is 2.33. The lowest BCUT2D eigenvalue weighted by atomic mass is 9.98. The molecule has 1 nitrogen and oxygen atoms in total. The van der Waals surface area contributed by atoms with Crippen LogP contribution in [-0.4, -0.2) is 0 Å². The normalized spacial score (nSPS) is 11.2. The average molecular weight is 261 g/mol. The van der Waals surface area contributed by atoms with Gasteiger partial charge in [0, 0.05) is 0 Å². The molecule has 0 radical (unpaired) electrons. The molecule has 0 N–H and O–H groups in total. The van der Waals surface area contributed by atoms with E-state index in [9.17, 15) is 5.26 Å². The molecular weight excluding hydrogens is 242 g/mol. The highest BCUT2D eigenvalue weighted by atomic mass is 14.2. The maximum atomic E-state index is 9.44. The van der Waals surface area contributed by atoms with Crippen molar-refractivity contribution in [2.24, 2.45) is 0 Å². The Hall–Kier alpha value is -2.33. The van der Waals surface area contributed by atoms with Crippen molar-refractivity contribution in [2.75, 3.05) is 0 Å². The predicted molar refractivity (Wildman–Crippen MR) is 85.3 cm³/mol. The quantitative estimate of drug-likeness (QED) is 0.552. The highest BCUT2D eigenvalue weighted by Crippen LogP contribution is 2.21. The van der Waals surface area contributed by atoms with Crippen molar-refractivity contribution in [3.63, 3.8) is 0 Å². The lowest BCUT2D eigenvalue weighted by Gasteiger charge is -2.05. The van der Waals surface area contributed by atoms with Crippen LogP contribution in [0.4, 0.5) is 0 Å². The Morgan fingerprint density at radius 1 is 0.800 bits per heavy atom. The van der Waals surface area contributed by atoms with Crippen LogP contribution < -0.4 is 0 Å². The van der Waals surface area contributed by atoms with Gasteiger partial charge in [-0.3, -0.25) is 0 Å². The van der Waals surface area contributed by atoms with Crippen molar-refractivity contribution in [3.05, 3.63) is 69.8 Å². The van der Waals surface area contributed by atoms with E-state index in [0.29, 0.717) is 5.57 Å². The molecule has 0 atom stereocenters. The van der Waals surface area contributed by atoms with Gasteiger partial charge < -0.3 is 0 Å². The summed E-state index contributed by atoms with van der Waals surface area (Å²) in [6.45, 7) is 8.27. The SMILES string of the molecule is Cc1cc(C)cc(/C=C(/C#N)c2cc(C)cc(C)c2)c1. The molecule has 2 rings (SSSR count). The van der Waals surface area contributed by atoms with Gasteiger partial charge in [-0.25, -0.2) is 0 Å². The zero-order chi connectivity index (χ0) is 14.7. The van der Waals surface area contributed by atoms with E-state index in [1.165, 1.54) is 22.3 Å². The van der Waals surface area contributed by atoms with Gasteiger partial charge >= 0.3 is 0 Å². The van der Waals surface area contributed by atoms with Crippen molar-refractivity contribution < 1.29 is 0 Å². The van der Waals surface area contributed by atoms with E-state index in [0.717, 1.165) is 11.1 Å². The third-order valence-electron chi connectivity index (χ3n) is 3.21. The summed E-state index contributed by atoms with van der Waals surface area (Å²) in [5.41, 5.74) is 7.58. The molecule has 0 spiro atoms. The monoisotopic (exact) mass is 261 g/mol. The van der Waals surface area contributed by atoms with Crippen molar-refractivity contribution in [2.45, 2.75) is 27.7 Å². The fourth-order valence-electron chi connectivity index (χ4n) is 2.57. The third-order valence-corrected chi connectivity index (χ3v) is 3.21. The second-order valence-corrected chi connectivity index (χ2v) is 5.47. The van der Waals surface area contributed by atoms with Crippen LogP contribution in [0.3, 0.4) is 0 Å². The molecule has 0 bridgehead atoms. The molecule has 1 heteroatoms. The first-order valence-electron chi connectivity index (χ1n) is 6.77. The molecule has 0 aliphatic rings. The third kappa shape index (κ3) is 3.36. The highest BCUT2D eigenvalue weighted by molar-refractivity contribution is 5.90. The van der Waals surface area contributed by atoms with Crippen molar-refractivity contribution in [1.29, 1.82) is 5.26 Å². The highest BCUT2D eigenvalue weighted by Gasteiger charge is 2.03. The molecular formula is C19H19N. The Kier molecular flexibility index (Phi) is 4.05. The van der Waals surface area contributed by atoms with E-state index in [1.807, 2.05) is 6.08 Å². The number of hydrogen-bond donors (Lipinski definition) is 0. The molecule has 20 heavy (non-hydrogen) atoms. The topological polar surface area (TPSA) is 23.8 Å². The molecule has 0 fully saturated rings.